The number of aromatic nitrogens is 1. The van der Waals surface area contributed by atoms with Gasteiger partial charge < -0.3 is 0 Å². The number of hydrogen-bond donors (Lipinski definition) is 0. The number of alkyl halides is 15. The van der Waals surface area contributed by atoms with Crippen LogP contribution in [-0.2, 0) is 5.92 Å². The lowest BCUT2D eigenvalue weighted by molar-refractivity contribution is -0.453. The van der Waals surface area contributed by atoms with Gasteiger partial charge in [-0.15, -0.1) is 0 Å². The van der Waals surface area contributed by atoms with E-state index < -0.39 is 58.2 Å². The van der Waals surface area contributed by atoms with Gasteiger partial charge in [-0.1, -0.05) is 24.3 Å². The first-order chi connectivity index (χ1) is 14.1. The maximum atomic E-state index is 14.3. The average molecular weight is 497 g/mol. The van der Waals surface area contributed by atoms with Gasteiger partial charge in [-0.2, -0.15) is 65.9 Å². The van der Waals surface area contributed by atoms with Gasteiger partial charge in [0.1, 0.15) is 5.69 Å². The normalized spacial score (nSPS) is 15.3. The third kappa shape index (κ3) is 3.16. The number of hydrogen-bond acceptors (Lipinski definition) is 1. The van der Waals surface area contributed by atoms with Crippen molar-refractivity contribution >= 4 is 10.8 Å². The van der Waals surface area contributed by atoms with E-state index in [1.54, 1.807) is 0 Å². The van der Waals surface area contributed by atoms with E-state index in [0.29, 0.717) is 12.3 Å². The molecule has 1 nitrogen and oxygen atoms in total. The van der Waals surface area contributed by atoms with Gasteiger partial charge in [0, 0.05) is 11.6 Å². The minimum Gasteiger partial charge on any atom is -0.254 e. The molecule has 1 aromatic heterocycles. The highest BCUT2D eigenvalue weighted by Crippen LogP contribution is 2.63. The van der Waals surface area contributed by atoms with Crippen LogP contribution in [0, 0.1) is 0 Å². The van der Waals surface area contributed by atoms with Crippen molar-refractivity contribution in [1.29, 1.82) is 0 Å². The van der Waals surface area contributed by atoms with Crippen LogP contribution >= 0.6 is 0 Å². The van der Waals surface area contributed by atoms with Gasteiger partial charge in [0.2, 0.25) is 0 Å². The highest BCUT2D eigenvalue weighted by atomic mass is 19.4. The predicted molar refractivity (Wildman–Crippen MR) is 76.4 cm³/mol. The maximum Gasteiger partial charge on any atom is 0.460 e. The van der Waals surface area contributed by atoms with Crippen LogP contribution in [0.5, 0.6) is 0 Å². The molecule has 0 aliphatic heterocycles. The summed E-state index contributed by atoms with van der Waals surface area (Å²) in [6.07, 6.45) is -7.31. The van der Waals surface area contributed by atoms with Gasteiger partial charge in [0.25, 0.3) is 0 Å². The van der Waals surface area contributed by atoms with Crippen molar-refractivity contribution in [3.8, 4) is 0 Å². The predicted octanol–water partition coefficient (Wildman–Crippen LogP) is 7.07. The van der Waals surface area contributed by atoms with Gasteiger partial charge in [-0.25, -0.2) is 0 Å². The van der Waals surface area contributed by atoms with E-state index in [-0.39, 0.29) is 0 Å². The van der Waals surface area contributed by atoms with Gasteiger partial charge in [-0.05, 0) is 11.5 Å². The van der Waals surface area contributed by atoms with Crippen LogP contribution in [0.15, 0.2) is 36.5 Å². The molecule has 1 heterocycles. The van der Waals surface area contributed by atoms with E-state index in [4.69, 9.17) is 0 Å². The molecule has 0 saturated carbocycles. The Bertz CT molecular complexity index is 987. The summed E-state index contributed by atoms with van der Waals surface area (Å²) in [5, 5.41) is -1.44. The number of nitrogens with zero attached hydrogens (tertiary/aromatic N) is 1. The van der Waals surface area contributed by atoms with Crippen molar-refractivity contribution in [3.05, 3.63) is 42.2 Å². The molecule has 0 spiro atoms. The molecule has 0 aliphatic rings. The van der Waals surface area contributed by atoms with E-state index in [0.717, 1.165) is 24.3 Å². The zero-order valence-corrected chi connectivity index (χ0v) is 14.6. The third-order valence-electron chi connectivity index (χ3n) is 4.30. The largest absolute Gasteiger partial charge is 0.460 e. The van der Waals surface area contributed by atoms with Crippen molar-refractivity contribution in [3.63, 3.8) is 0 Å². The molecule has 0 radical (unpaired) electrons. The fourth-order valence-electron chi connectivity index (χ4n) is 2.49. The molecule has 2 aromatic rings. The number of rotatable bonds is 6. The highest BCUT2D eigenvalue weighted by molar-refractivity contribution is 5.85. The molecule has 0 fully saturated rings. The second-order valence-electron chi connectivity index (χ2n) is 6.32. The van der Waals surface area contributed by atoms with Crippen LogP contribution in [0.2, 0.25) is 0 Å². The Balaban J connectivity index is 2.72. The topological polar surface area (TPSA) is 12.9 Å². The molecule has 1 aromatic carbocycles. The van der Waals surface area contributed by atoms with Gasteiger partial charge in [-0.3, -0.25) is 4.98 Å². The van der Waals surface area contributed by atoms with E-state index in [9.17, 15) is 65.9 Å². The molecular weight excluding hydrogens is 491 g/mol. The summed E-state index contributed by atoms with van der Waals surface area (Å²) in [5.74, 6) is -46.9. The summed E-state index contributed by atoms with van der Waals surface area (Å²) in [4.78, 5) is 2.67. The Morgan fingerprint density at radius 1 is 0.500 bits per heavy atom. The Morgan fingerprint density at radius 2 is 0.938 bits per heavy atom. The lowest BCUT2D eigenvalue weighted by Gasteiger charge is -2.41. The van der Waals surface area contributed by atoms with Gasteiger partial charge >= 0.3 is 41.7 Å². The lowest BCUT2D eigenvalue weighted by atomic mass is 9.89. The smallest absolute Gasteiger partial charge is 0.254 e. The molecule has 2 rings (SSSR count). The summed E-state index contributed by atoms with van der Waals surface area (Å²) >= 11 is 0. The number of pyridine rings is 1. The number of benzene rings is 1. The second kappa shape index (κ2) is 7.04. The van der Waals surface area contributed by atoms with E-state index >= 15 is 0 Å². The molecule has 0 N–H and O–H groups in total. The molecule has 0 unspecified atom stereocenters. The first-order valence-corrected chi connectivity index (χ1v) is 7.77. The minimum absolute atomic E-state index is 0.324. The first-order valence-electron chi connectivity index (χ1n) is 7.77. The fourth-order valence-corrected chi connectivity index (χ4v) is 2.49. The second-order valence-corrected chi connectivity index (χ2v) is 6.32. The molecule has 32 heavy (non-hydrogen) atoms. The molecule has 16 heteroatoms. The Hall–Kier alpha value is -2.42. The van der Waals surface area contributed by atoms with Crippen LogP contribution in [0.3, 0.4) is 0 Å². The Kier molecular flexibility index (Phi) is 5.68. The molecule has 0 bridgehead atoms. The van der Waals surface area contributed by atoms with E-state index in [1.807, 2.05) is 0 Å². The van der Waals surface area contributed by atoms with Crippen molar-refractivity contribution in [2.45, 2.75) is 41.7 Å². The fraction of sp³-hybridized carbons (Fsp3) is 0.438. The van der Waals surface area contributed by atoms with Crippen LogP contribution in [0.25, 0.3) is 10.8 Å². The maximum absolute atomic E-state index is 14.3. The molecular formula is C16H6F15N. The molecule has 0 saturated heterocycles. The third-order valence-corrected chi connectivity index (χ3v) is 4.30. The molecule has 0 aliphatic carbocycles. The van der Waals surface area contributed by atoms with Gasteiger partial charge in [0.15, 0.2) is 0 Å². The Morgan fingerprint density at radius 3 is 1.44 bits per heavy atom. The summed E-state index contributed by atoms with van der Waals surface area (Å²) in [7, 11) is 0. The quantitative estimate of drug-likeness (QED) is 0.390. The average Bonchev–Trinajstić information content (AvgIpc) is 2.65. The minimum atomic E-state index is -8.32. The molecule has 0 atom stereocenters. The molecule has 0 amide bonds. The van der Waals surface area contributed by atoms with Crippen LogP contribution in [0.1, 0.15) is 5.69 Å². The summed E-state index contributed by atoms with van der Waals surface area (Å²) in [5.41, 5.74) is -2.35. The summed E-state index contributed by atoms with van der Waals surface area (Å²) < 4.78 is 200. The summed E-state index contributed by atoms with van der Waals surface area (Å²) in [6, 6.07) is 4.40. The Labute approximate surface area is 166 Å². The first kappa shape index (κ1) is 25.8. The van der Waals surface area contributed by atoms with Gasteiger partial charge in [0.05, 0.1) is 0 Å². The number of halogens is 15. The zero-order chi connectivity index (χ0) is 25.2. The number of fused-ring (bicyclic) bond motifs is 1. The van der Waals surface area contributed by atoms with E-state index in [1.165, 1.54) is 0 Å². The van der Waals surface area contributed by atoms with Crippen LogP contribution < -0.4 is 0 Å². The van der Waals surface area contributed by atoms with Crippen LogP contribution in [0.4, 0.5) is 65.9 Å². The SMILES string of the molecule is FC(F)(F)C(F)(F)C(F)(F)C(F)(F)C(F)(F)C(F)(F)C(F)(F)c1nccc2ccccc12. The monoisotopic (exact) mass is 497 g/mol. The summed E-state index contributed by atoms with van der Waals surface area (Å²) in [6.45, 7) is 0. The van der Waals surface area contributed by atoms with Crippen LogP contribution in [-0.4, -0.2) is 40.8 Å². The van der Waals surface area contributed by atoms with Crippen molar-refractivity contribution in [1.82, 2.24) is 4.98 Å². The van der Waals surface area contributed by atoms with Crippen molar-refractivity contribution in [2.75, 3.05) is 0 Å². The van der Waals surface area contributed by atoms with Crippen molar-refractivity contribution < 1.29 is 65.9 Å². The van der Waals surface area contributed by atoms with Crippen molar-refractivity contribution in [2.24, 2.45) is 0 Å². The standard InChI is InChI=1S/C16H6F15N/c17-10(18,9-8-4-2-1-3-7(8)5-6-32-9)11(19,20)12(21,22)13(23,24)14(25,26)15(27,28)16(29,30)31/h1-6H. The molecule has 180 valence electrons. The zero-order valence-electron chi connectivity index (χ0n) is 14.6. The highest BCUT2D eigenvalue weighted by Gasteiger charge is 2.93. The van der Waals surface area contributed by atoms with E-state index in [2.05, 4.69) is 4.98 Å². The lowest BCUT2D eigenvalue weighted by Crippen LogP contribution is -2.72.